The van der Waals surface area contributed by atoms with Gasteiger partial charge in [-0.05, 0) is 70.4 Å². The molecule has 1 aliphatic rings. The summed E-state index contributed by atoms with van der Waals surface area (Å²) in [7, 11) is -1.22. The number of halogens is 1. The lowest BCUT2D eigenvalue weighted by Gasteiger charge is -2.26. The first kappa shape index (κ1) is 30.7. The molecule has 0 radical (unpaired) electrons. The molecule has 0 saturated carbocycles. The number of carbonyl (C=O) groups is 1. The first-order chi connectivity index (χ1) is 19.3. The lowest BCUT2D eigenvalue weighted by molar-refractivity contribution is 0.0581. The van der Waals surface area contributed by atoms with E-state index >= 15 is 0 Å². The molecule has 10 heteroatoms. The normalized spacial score (nSPS) is 16.0. The number of allylic oxidation sites excluding steroid dienone is 1. The van der Waals surface area contributed by atoms with Crippen LogP contribution in [0.25, 0.3) is 16.5 Å². The topological polar surface area (TPSA) is 78.7 Å². The summed E-state index contributed by atoms with van der Waals surface area (Å²) in [6.45, 7) is 15.8. The van der Waals surface area contributed by atoms with E-state index in [4.69, 9.17) is 19.3 Å². The van der Waals surface area contributed by atoms with Gasteiger partial charge in [-0.15, -0.1) is 0 Å². The Morgan fingerprint density at radius 3 is 2.61 bits per heavy atom. The van der Waals surface area contributed by atoms with Crippen LogP contribution in [0.5, 0.6) is 5.75 Å². The number of anilines is 1. The van der Waals surface area contributed by atoms with Gasteiger partial charge in [0.05, 0.1) is 17.4 Å². The second-order valence-corrected chi connectivity index (χ2v) is 18.3. The molecule has 2 heterocycles. The molecular weight excluding hydrogens is 539 g/mol. The Labute approximate surface area is 243 Å². The van der Waals surface area contributed by atoms with Crippen LogP contribution < -0.4 is 9.64 Å². The van der Waals surface area contributed by atoms with Gasteiger partial charge in [-0.1, -0.05) is 37.8 Å². The molecule has 0 saturated heterocycles. The van der Waals surface area contributed by atoms with E-state index in [1.54, 1.807) is 24.4 Å². The molecule has 222 valence electrons. The van der Waals surface area contributed by atoms with Crippen LogP contribution in [0.3, 0.4) is 0 Å². The maximum Gasteiger partial charge on any atom is 0.415 e. The Kier molecular flexibility index (Phi) is 9.54. The Balaban J connectivity index is 1.63. The highest BCUT2D eigenvalue weighted by Gasteiger charge is 2.26. The predicted molar refractivity (Wildman–Crippen MR) is 164 cm³/mol. The van der Waals surface area contributed by atoms with Crippen molar-refractivity contribution in [2.45, 2.75) is 91.1 Å². The smallest absolute Gasteiger partial charge is 0.415 e. The van der Waals surface area contributed by atoms with Crippen molar-refractivity contribution in [1.82, 2.24) is 14.8 Å². The summed E-state index contributed by atoms with van der Waals surface area (Å²) >= 11 is 0. The molecule has 0 spiro atoms. The van der Waals surface area contributed by atoms with Gasteiger partial charge in [0.25, 0.3) is 0 Å². The van der Waals surface area contributed by atoms with Gasteiger partial charge in [0.2, 0.25) is 0 Å². The monoisotopic (exact) mass is 582 g/mol. The average molecular weight is 583 g/mol. The second kappa shape index (κ2) is 12.7. The molecule has 2 aromatic heterocycles. The molecular formula is C31H43FN4O4Si. The Hall–Kier alpha value is -3.24. The lowest BCUT2D eigenvalue weighted by atomic mass is 9.93. The average Bonchev–Trinajstić information content (AvgIpc) is 3.25. The number of rotatable bonds is 10. The van der Waals surface area contributed by atoms with Crippen molar-refractivity contribution < 1.29 is 23.4 Å². The van der Waals surface area contributed by atoms with E-state index < -0.39 is 19.8 Å². The van der Waals surface area contributed by atoms with Crippen LogP contribution in [0.2, 0.25) is 25.7 Å². The van der Waals surface area contributed by atoms with Crippen LogP contribution in [0.15, 0.2) is 42.6 Å². The number of pyridine rings is 1. The number of carbonyl (C=O) groups excluding carboxylic acids is 1. The molecule has 1 unspecified atom stereocenters. The zero-order chi connectivity index (χ0) is 29.8. The first-order valence-electron chi connectivity index (χ1n) is 14.4. The van der Waals surface area contributed by atoms with E-state index in [1.165, 1.54) is 11.0 Å². The van der Waals surface area contributed by atoms with Crippen molar-refractivity contribution in [2.75, 3.05) is 18.1 Å². The number of nitrogens with zero attached hydrogens (tertiary/aromatic N) is 4. The van der Waals surface area contributed by atoms with Crippen molar-refractivity contribution >= 4 is 36.5 Å². The number of benzene rings is 1. The summed E-state index contributed by atoms with van der Waals surface area (Å²) in [6, 6.07) is 9.47. The lowest BCUT2D eigenvalue weighted by Crippen LogP contribution is -2.37. The molecule has 1 aromatic carbocycles. The van der Waals surface area contributed by atoms with Gasteiger partial charge in [-0.2, -0.15) is 5.10 Å². The molecule has 0 bridgehead atoms. The van der Waals surface area contributed by atoms with Crippen LogP contribution >= 0.6 is 0 Å². The van der Waals surface area contributed by atoms with Crippen molar-refractivity contribution in [3.63, 3.8) is 0 Å². The number of ether oxygens (including phenoxy) is 3. The minimum absolute atomic E-state index is 0.117. The summed E-state index contributed by atoms with van der Waals surface area (Å²) in [5.41, 5.74) is 2.14. The second-order valence-electron chi connectivity index (χ2n) is 12.7. The summed E-state index contributed by atoms with van der Waals surface area (Å²) in [6.07, 6.45) is 5.42. The van der Waals surface area contributed by atoms with Crippen LogP contribution in [0, 0.1) is 5.82 Å². The van der Waals surface area contributed by atoms with E-state index in [0.717, 1.165) is 41.1 Å². The zero-order valence-corrected chi connectivity index (χ0v) is 26.4. The molecule has 4 rings (SSSR count). The Bertz CT molecular complexity index is 1390. The van der Waals surface area contributed by atoms with Gasteiger partial charge in [0, 0.05) is 33.0 Å². The maximum absolute atomic E-state index is 14.1. The number of fused-ring (bicyclic) bond motifs is 1. The van der Waals surface area contributed by atoms with Gasteiger partial charge in [-0.3, -0.25) is 4.90 Å². The minimum atomic E-state index is -1.22. The number of aromatic nitrogens is 3. The molecule has 0 fully saturated rings. The highest BCUT2D eigenvalue weighted by Crippen LogP contribution is 2.34. The Morgan fingerprint density at radius 2 is 1.98 bits per heavy atom. The largest absolute Gasteiger partial charge is 0.487 e. The van der Waals surface area contributed by atoms with Crippen LogP contribution in [0.1, 0.15) is 52.7 Å². The number of amides is 1. The predicted octanol–water partition coefficient (Wildman–Crippen LogP) is 7.66. The van der Waals surface area contributed by atoms with Crippen molar-refractivity contribution in [3.05, 3.63) is 54.1 Å². The molecule has 8 nitrogen and oxygen atoms in total. The van der Waals surface area contributed by atoms with Gasteiger partial charge < -0.3 is 14.2 Å². The molecule has 1 aliphatic carbocycles. The minimum Gasteiger partial charge on any atom is -0.487 e. The van der Waals surface area contributed by atoms with E-state index in [0.29, 0.717) is 32.1 Å². The Morgan fingerprint density at radius 1 is 1.22 bits per heavy atom. The zero-order valence-electron chi connectivity index (χ0n) is 25.4. The quantitative estimate of drug-likeness (QED) is 0.180. The van der Waals surface area contributed by atoms with E-state index in [2.05, 4.69) is 30.7 Å². The molecule has 0 aliphatic heterocycles. The third-order valence-electron chi connectivity index (χ3n) is 6.84. The molecule has 1 atom stereocenters. The number of hydrogen-bond acceptors (Lipinski definition) is 6. The number of hydrogen-bond donors (Lipinski definition) is 0. The molecule has 1 amide bonds. The fraction of sp³-hybridized carbons (Fsp3) is 0.516. The molecule has 41 heavy (non-hydrogen) atoms. The summed E-state index contributed by atoms with van der Waals surface area (Å²) in [4.78, 5) is 19.1. The fourth-order valence-corrected chi connectivity index (χ4v) is 5.38. The van der Waals surface area contributed by atoms with Gasteiger partial charge in [-0.25, -0.2) is 18.9 Å². The van der Waals surface area contributed by atoms with Crippen LogP contribution in [-0.2, 0) is 16.2 Å². The molecule has 0 N–H and O–H groups in total. The van der Waals surface area contributed by atoms with Gasteiger partial charge >= 0.3 is 6.09 Å². The SMILES string of the molecule is CCN(C(=O)OC(C)(C)C)c1cc2c(C3=CCC(Oc4ccccc4F)CC3)nn(COCC[Si](C)(C)C)c2cn1. The van der Waals surface area contributed by atoms with Crippen molar-refractivity contribution in [1.29, 1.82) is 0 Å². The third-order valence-corrected chi connectivity index (χ3v) is 8.54. The molecule has 3 aromatic rings. The van der Waals surface area contributed by atoms with Crippen LogP contribution in [0.4, 0.5) is 15.0 Å². The van der Waals surface area contributed by atoms with E-state index in [9.17, 15) is 9.18 Å². The highest BCUT2D eigenvalue weighted by molar-refractivity contribution is 6.76. The van der Waals surface area contributed by atoms with Crippen molar-refractivity contribution in [2.24, 2.45) is 0 Å². The highest BCUT2D eigenvalue weighted by atomic mass is 28.3. The standard InChI is InChI=1S/C31H43FN4O4Si/c1-8-35(30(37)40-31(2,3)4)28-19-24-26(20-33-28)36(21-38-17-18-41(5,6)7)34-29(24)22-13-15-23(16-14-22)39-27-12-10-9-11-25(27)32/h9-13,19-20,23H,8,14-18,21H2,1-7H3. The summed E-state index contributed by atoms with van der Waals surface area (Å²) in [5, 5.41) is 5.85. The number of para-hydroxylation sites is 1. The summed E-state index contributed by atoms with van der Waals surface area (Å²) < 4.78 is 33.6. The van der Waals surface area contributed by atoms with E-state index in [1.807, 2.05) is 38.4 Å². The summed E-state index contributed by atoms with van der Waals surface area (Å²) in [5.74, 6) is 0.426. The van der Waals surface area contributed by atoms with Crippen molar-refractivity contribution in [3.8, 4) is 5.75 Å². The van der Waals surface area contributed by atoms with Crippen LogP contribution in [-0.4, -0.2) is 53.8 Å². The third kappa shape index (κ3) is 8.16. The van der Waals surface area contributed by atoms with Gasteiger partial charge in [0.1, 0.15) is 24.3 Å². The van der Waals surface area contributed by atoms with Gasteiger partial charge in [0.15, 0.2) is 11.6 Å². The first-order valence-corrected chi connectivity index (χ1v) is 18.1. The van der Waals surface area contributed by atoms with E-state index in [-0.39, 0.29) is 17.7 Å². The maximum atomic E-state index is 14.1. The fourth-order valence-electron chi connectivity index (χ4n) is 4.63.